The van der Waals surface area contributed by atoms with Gasteiger partial charge in [-0.3, -0.25) is 4.79 Å². The third kappa shape index (κ3) is 4.59. The number of hydrogen-bond acceptors (Lipinski definition) is 3. The SMILES string of the molecule is CCc1ccc(CNC(=O)[C@@H]2CCCN(S(=O)(=O)c3ccc4c(ccn4CC)c3)C2)cc1. The average molecular weight is 454 g/mol. The fourth-order valence-electron chi connectivity index (χ4n) is 4.36. The Hall–Kier alpha value is -2.64. The largest absolute Gasteiger partial charge is 0.352 e. The highest BCUT2D eigenvalue weighted by Crippen LogP contribution is 2.27. The van der Waals surface area contributed by atoms with Crippen molar-refractivity contribution in [3.05, 3.63) is 65.9 Å². The molecule has 3 aromatic rings. The van der Waals surface area contributed by atoms with E-state index in [4.69, 9.17) is 0 Å². The fourth-order valence-corrected chi connectivity index (χ4v) is 5.92. The number of piperidine rings is 1. The van der Waals surface area contributed by atoms with Crippen molar-refractivity contribution in [3.63, 3.8) is 0 Å². The van der Waals surface area contributed by atoms with Gasteiger partial charge in [-0.2, -0.15) is 4.31 Å². The molecule has 1 fully saturated rings. The summed E-state index contributed by atoms with van der Waals surface area (Å²) in [5.74, 6) is -0.418. The van der Waals surface area contributed by atoms with Crippen molar-refractivity contribution < 1.29 is 13.2 Å². The summed E-state index contributed by atoms with van der Waals surface area (Å²) in [6.45, 7) is 6.12. The van der Waals surface area contributed by atoms with Crippen molar-refractivity contribution in [1.82, 2.24) is 14.2 Å². The molecule has 1 atom stereocenters. The van der Waals surface area contributed by atoms with Crippen LogP contribution >= 0.6 is 0 Å². The molecule has 4 rings (SSSR count). The second-order valence-electron chi connectivity index (χ2n) is 8.41. The number of nitrogens with zero attached hydrogens (tertiary/aromatic N) is 2. The molecule has 0 bridgehead atoms. The number of carbonyl (C=O) groups excluding carboxylic acids is 1. The highest BCUT2D eigenvalue weighted by molar-refractivity contribution is 7.89. The minimum atomic E-state index is -3.65. The molecule has 170 valence electrons. The Morgan fingerprint density at radius 1 is 1.06 bits per heavy atom. The summed E-state index contributed by atoms with van der Waals surface area (Å²) in [6, 6.07) is 15.4. The zero-order valence-corrected chi connectivity index (χ0v) is 19.6. The summed E-state index contributed by atoms with van der Waals surface area (Å²) in [6.07, 6.45) is 4.33. The van der Waals surface area contributed by atoms with E-state index in [1.165, 1.54) is 9.87 Å². The molecule has 0 unspecified atom stereocenters. The second-order valence-corrected chi connectivity index (χ2v) is 10.4. The minimum absolute atomic E-state index is 0.0834. The zero-order valence-electron chi connectivity index (χ0n) is 18.8. The van der Waals surface area contributed by atoms with Gasteiger partial charge in [-0.1, -0.05) is 31.2 Å². The van der Waals surface area contributed by atoms with Crippen molar-refractivity contribution in [2.24, 2.45) is 5.92 Å². The molecule has 2 aromatic carbocycles. The van der Waals surface area contributed by atoms with Crippen LogP contribution in [0.2, 0.25) is 0 Å². The lowest BCUT2D eigenvalue weighted by atomic mass is 9.98. The summed E-state index contributed by atoms with van der Waals surface area (Å²) in [4.78, 5) is 13.1. The second kappa shape index (κ2) is 9.46. The number of fused-ring (bicyclic) bond motifs is 1. The van der Waals surface area contributed by atoms with Gasteiger partial charge in [0.15, 0.2) is 0 Å². The van der Waals surface area contributed by atoms with Crippen LogP contribution in [-0.4, -0.2) is 36.3 Å². The maximum Gasteiger partial charge on any atom is 0.243 e. The van der Waals surface area contributed by atoms with Crippen LogP contribution in [0.1, 0.15) is 37.8 Å². The van der Waals surface area contributed by atoms with Crippen LogP contribution in [0.5, 0.6) is 0 Å². The van der Waals surface area contributed by atoms with Gasteiger partial charge in [0.2, 0.25) is 15.9 Å². The van der Waals surface area contributed by atoms with E-state index in [1.807, 2.05) is 30.5 Å². The van der Waals surface area contributed by atoms with E-state index in [1.54, 1.807) is 12.1 Å². The maximum absolute atomic E-state index is 13.3. The molecule has 7 heteroatoms. The van der Waals surface area contributed by atoms with Gasteiger partial charge in [0, 0.05) is 43.3 Å². The molecule has 1 aliphatic heterocycles. The molecule has 0 spiro atoms. The predicted molar refractivity (Wildman–Crippen MR) is 127 cm³/mol. The summed E-state index contributed by atoms with van der Waals surface area (Å²) >= 11 is 0. The number of sulfonamides is 1. The number of carbonyl (C=O) groups is 1. The first-order valence-electron chi connectivity index (χ1n) is 11.4. The molecule has 1 amide bonds. The van der Waals surface area contributed by atoms with Gasteiger partial charge in [-0.25, -0.2) is 8.42 Å². The molecule has 1 N–H and O–H groups in total. The fraction of sp³-hybridized carbons (Fsp3) is 0.400. The molecule has 0 radical (unpaired) electrons. The monoisotopic (exact) mass is 453 g/mol. The minimum Gasteiger partial charge on any atom is -0.352 e. The molecule has 0 saturated carbocycles. The molecule has 32 heavy (non-hydrogen) atoms. The van der Waals surface area contributed by atoms with Gasteiger partial charge >= 0.3 is 0 Å². The first-order valence-corrected chi connectivity index (χ1v) is 12.8. The van der Waals surface area contributed by atoms with Crippen molar-refractivity contribution in [2.75, 3.05) is 13.1 Å². The predicted octanol–water partition coefficient (Wildman–Crippen LogP) is 3.94. The molecular weight excluding hydrogens is 422 g/mol. The van der Waals surface area contributed by atoms with E-state index in [0.29, 0.717) is 25.9 Å². The highest BCUT2D eigenvalue weighted by Gasteiger charge is 2.33. The van der Waals surface area contributed by atoms with Gasteiger partial charge in [0.1, 0.15) is 0 Å². The number of rotatable bonds is 7. The van der Waals surface area contributed by atoms with Crippen LogP contribution in [0, 0.1) is 5.92 Å². The lowest BCUT2D eigenvalue weighted by molar-refractivity contribution is -0.126. The van der Waals surface area contributed by atoms with Crippen LogP contribution in [-0.2, 0) is 34.3 Å². The van der Waals surface area contributed by atoms with Crippen molar-refractivity contribution in [1.29, 1.82) is 0 Å². The van der Waals surface area contributed by atoms with E-state index >= 15 is 0 Å². The van der Waals surface area contributed by atoms with Crippen LogP contribution in [0.4, 0.5) is 0 Å². The van der Waals surface area contributed by atoms with Crippen LogP contribution in [0.3, 0.4) is 0 Å². The van der Waals surface area contributed by atoms with E-state index in [-0.39, 0.29) is 23.3 Å². The number of nitrogens with one attached hydrogen (secondary N) is 1. The van der Waals surface area contributed by atoms with Crippen molar-refractivity contribution in [3.8, 4) is 0 Å². The maximum atomic E-state index is 13.3. The normalized spacial score (nSPS) is 17.5. The molecule has 6 nitrogen and oxygen atoms in total. The van der Waals surface area contributed by atoms with E-state index < -0.39 is 10.0 Å². The van der Waals surface area contributed by atoms with Gasteiger partial charge in [-0.05, 0) is 61.6 Å². The number of aromatic nitrogens is 1. The first kappa shape index (κ1) is 22.6. The molecular formula is C25H31N3O3S. The van der Waals surface area contributed by atoms with Crippen molar-refractivity contribution in [2.45, 2.75) is 51.1 Å². The average Bonchev–Trinajstić information content (AvgIpc) is 3.25. The number of benzene rings is 2. The molecule has 0 aliphatic carbocycles. The third-order valence-corrected chi connectivity index (χ3v) is 8.23. The summed E-state index contributed by atoms with van der Waals surface area (Å²) in [7, 11) is -3.65. The summed E-state index contributed by atoms with van der Waals surface area (Å²) in [5, 5.41) is 3.90. The molecule has 1 saturated heterocycles. The topological polar surface area (TPSA) is 71.4 Å². The van der Waals surface area contributed by atoms with Gasteiger partial charge in [0.05, 0.1) is 10.8 Å². The van der Waals surface area contributed by atoms with Gasteiger partial charge in [-0.15, -0.1) is 0 Å². The van der Waals surface area contributed by atoms with E-state index in [2.05, 4.69) is 35.9 Å². The number of aryl methyl sites for hydroxylation is 2. The van der Waals surface area contributed by atoms with Crippen LogP contribution in [0.25, 0.3) is 10.9 Å². The third-order valence-electron chi connectivity index (χ3n) is 6.37. The first-order chi connectivity index (χ1) is 15.4. The smallest absolute Gasteiger partial charge is 0.243 e. The van der Waals surface area contributed by atoms with Crippen molar-refractivity contribution >= 4 is 26.8 Å². The number of amides is 1. The van der Waals surface area contributed by atoms with Gasteiger partial charge in [0.25, 0.3) is 0 Å². The Bertz CT molecular complexity index is 1200. The molecule has 2 heterocycles. The Morgan fingerprint density at radius 2 is 1.81 bits per heavy atom. The standard InChI is InChI=1S/C25H31N3O3S/c1-3-19-7-9-20(10-8-19)17-26-25(29)22-6-5-14-28(18-22)32(30,31)23-11-12-24-21(16-23)13-15-27(24)4-2/h7-13,15-16,22H,3-6,14,17-18H2,1-2H3,(H,26,29)/t22-/m1/s1. The molecule has 1 aromatic heterocycles. The summed E-state index contributed by atoms with van der Waals surface area (Å²) < 4.78 is 30.2. The Kier molecular flexibility index (Phi) is 6.67. The Morgan fingerprint density at radius 3 is 2.53 bits per heavy atom. The quantitative estimate of drug-likeness (QED) is 0.589. The highest BCUT2D eigenvalue weighted by atomic mass is 32.2. The Balaban J connectivity index is 1.43. The number of hydrogen-bond donors (Lipinski definition) is 1. The van der Waals surface area contributed by atoms with Gasteiger partial charge < -0.3 is 9.88 Å². The lowest BCUT2D eigenvalue weighted by Gasteiger charge is -2.31. The van der Waals surface area contributed by atoms with Crippen LogP contribution < -0.4 is 5.32 Å². The van der Waals surface area contributed by atoms with Crippen LogP contribution in [0.15, 0.2) is 59.6 Å². The zero-order chi connectivity index (χ0) is 22.7. The van der Waals surface area contributed by atoms with E-state index in [0.717, 1.165) is 29.4 Å². The lowest BCUT2D eigenvalue weighted by Crippen LogP contribution is -2.45. The van der Waals surface area contributed by atoms with E-state index in [9.17, 15) is 13.2 Å². The molecule has 1 aliphatic rings. The summed E-state index contributed by atoms with van der Waals surface area (Å²) in [5.41, 5.74) is 3.33. The Labute approximate surface area is 190 Å².